The third-order valence-electron chi connectivity index (χ3n) is 5.07. The summed E-state index contributed by atoms with van der Waals surface area (Å²) in [5.41, 5.74) is 5.42. The third kappa shape index (κ3) is 6.79. The highest BCUT2D eigenvalue weighted by Crippen LogP contribution is 2.36. The van der Waals surface area contributed by atoms with Gasteiger partial charge in [-0.3, -0.25) is 9.59 Å². The molecule has 0 unspecified atom stereocenters. The number of fused-ring (bicyclic) bond motifs is 1. The Balaban J connectivity index is 1.39. The molecular formula is C26H20Br3N3O5. The van der Waals surface area contributed by atoms with Gasteiger partial charge in [0.05, 0.1) is 22.3 Å². The highest BCUT2D eigenvalue weighted by atomic mass is 79.9. The van der Waals surface area contributed by atoms with E-state index in [0.717, 1.165) is 19.9 Å². The van der Waals surface area contributed by atoms with Crippen LogP contribution in [-0.2, 0) is 4.79 Å². The van der Waals surface area contributed by atoms with Crippen molar-refractivity contribution in [2.75, 3.05) is 19.0 Å². The first kappa shape index (κ1) is 26.9. The smallest absolute Gasteiger partial charge is 0.307 e. The van der Waals surface area contributed by atoms with Gasteiger partial charge in [0.2, 0.25) is 0 Å². The van der Waals surface area contributed by atoms with E-state index in [1.165, 1.54) is 13.3 Å². The molecule has 1 heterocycles. The van der Waals surface area contributed by atoms with Crippen LogP contribution >= 0.6 is 47.8 Å². The van der Waals surface area contributed by atoms with Crippen molar-refractivity contribution in [1.29, 1.82) is 0 Å². The first-order valence-electron chi connectivity index (χ1n) is 10.8. The van der Waals surface area contributed by atoms with Gasteiger partial charge in [-0.05, 0) is 86.8 Å². The number of benzene rings is 3. The van der Waals surface area contributed by atoms with Gasteiger partial charge in [-0.1, -0.05) is 33.6 Å². The van der Waals surface area contributed by atoms with Crippen molar-refractivity contribution >= 4 is 82.5 Å². The molecule has 0 bridgehead atoms. The lowest BCUT2D eigenvalue weighted by molar-refractivity contribution is -0.118. The zero-order valence-electron chi connectivity index (χ0n) is 19.6. The summed E-state index contributed by atoms with van der Waals surface area (Å²) in [4.78, 5) is 24.8. The Labute approximate surface area is 237 Å². The zero-order valence-corrected chi connectivity index (χ0v) is 24.4. The van der Waals surface area contributed by atoms with E-state index in [4.69, 9.17) is 13.9 Å². The van der Waals surface area contributed by atoms with Gasteiger partial charge < -0.3 is 19.2 Å². The van der Waals surface area contributed by atoms with E-state index in [1.54, 1.807) is 18.2 Å². The summed E-state index contributed by atoms with van der Waals surface area (Å²) >= 11 is 10.3. The van der Waals surface area contributed by atoms with Crippen LogP contribution in [0.25, 0.3) is 11.0 Å². The Morgan fingerprint density at radius 2 is 1.78 bits per heavy atom. The maximum Gasteiger partial charge on any atom is 0.307 e. The molecule has 0 aliphatic heterocycles. The SMILES string of the molecule is COc1cc(/C=N\NC(=O)c2cc3cc(Br)cc(Br)c3o2)cc(Br)c1OCC(=O)Nc1ccc(C)cc1. The summed E-state index contributed by atoms with van der Waals surface area (Å²) in [6.07, 6.45) is 1.45. The van der Waals surface area contributed by atoms with Crippen LogP contribution in [0.3, 0.4) is 0 Å². The number of ether oxygens (including phenoxy) is 2. The molecule has 37 heavy (non-hydrogen) atoms. The number of methoxy groups -OCH3 is 1. The van der Waals surface area contributed by atoms with E-state index in [9.17, 15) is 9.59 Å². The number of amides is 2. The molecule has 0 saturated heterocycles. The van der Waals surface area contributed by atoms with Gasteiger partial charge >= 0.3 is 5.91 Å². The minimum atomic E-state index is -0.499. The van der Waals surface area contributed by atoms with E-state index in [-0.39, 0.29) is 18.3 Å². The van der Waals surface area contributed by atoms with Gasteiger partial charge in [-0.2, -0.15) is 5.10 Å². The molecule has 4 aromatic rings. The average molecular weight is 694 g/mol. The summed E-state index contributed by atoms with van der Waals surface area (Å²) in [7, 11) is 1.49. The second-order valence-electron chi connectivity index (χ2n) is 7.85. The van der Waals surface area contributed by atoms with Crippen molar-refractivity contribution < 1.29 is 23.5 Å². The Bertz CT molecular complexity index is 1500. The number of hydrogen-bond donors (Lipinski definition) is 2. The predicted molar refractivity (Wildman–Crippen MR) is 153 cm³/mol. The van der Waals surface area contributed by atoms with Gasteiger partial charge in [0, 0.05) is 15.5 Å². The topological polar surface area (TPSA) is 102 Å². The maximum atomic E-state index is 12.5. The fourth-order valence-electron chi connectivity index (χ4n) is 3.33. The second-order valence-corrected chi connectivity index (χ2v) is 10.5. The van der Waals surface area contributed by atoms with Crippen LogP contribution in [0.1, 0.15) is 21.7 Å². The van der Waals surface area contributed by atoms with Gasteiger partial charge in [0.1, 0.15) is 5.58 Å². The van der Waals surface area contributed by atoms with E-state index in [1.807, 2.05) is 43.3 Å². The molecule has 8 nitrogen and oxygen atoms in total. The molecule has 0 saturated carbocycles. The minimum absolute atomic E-state index is 0.123. The largest absolute Gasteiger partial charge is 0.493 e. The molecule has 4 rings (SSSR count). The zero-order chi connectivity index (χ0) is 26.5. The number of carbonyl (C=O) groups is 2. The average Bonchev–Trinajstić information content (AvgIpc) is 3.29. The van der Waals surface area contributed by atoms with Crippen LogP contribution in [0.2, 0.25) is 0 Å². The summed E-state index contributed by atoms with van der Waals surface area (Å²) in [6.45, 7) is 1.76. The lowest BCUT2D eigenvalue weighted by Gasteiger charge is -2.13. The summed E-state index contributed by atoms with van der Waals surface area (Å²) < 4.78 is 18.9. The van der Waals surface area contributed by atoms with Crippen molar-refractivity contribution in [2.24, 2.45) is 5.10 Å². The minimum Gasteiger partial charge on any atom is -0.493 e. The number of rotatable bonds is 8. The number of anilines is 1. The van der Waals surface area contributed by atoms with E-state index >= 15 is 0 Å². The van der Waals surface area contributed by atoms with Crippen molar-refractivity contribution in [1.82, 2.24) is 5.43 Å². The van der Waals surface area contributed by atoms with E-state index in [0.29, 0.717) is 32.8 Å². The normalized spacial score (nSPS) is 11.1. The fraction of sp³-hybridized carbons (Fsp3) is 0.115. The molecule has 1 aromatic heterocycles. The van der Waals surface area contributed by atoms with Gasteiger partial charge in [0.25, 0.3) is 5.91 Å². The van der Waals surface area contributed by atoms with Gasteiger partial charge in [-0.25, -0.2) is 5.43 Å². The number of nitrogens with zero attached hydrogens (tertiary/aromatic N) is 1. The number of hydrazone groups is 1. The Morgan fingerprint density at radius 1 is 1.03 bits per heavy atom. The molecule has 0 radical (unpaired) electrons. The van der Waals surface area contributed by atoms with Crippen molar-refractivity contribution in [3.8, 4) is 11.5 Å². The van der Waals surface area contributed by atoms with Crippen molar-refractivity contribution in [3.63, 3.8) is 0 Å². The van der Waals surface area contributed by atoms with Crippen LogP contribution in [0.5, 0.6) is 11.5 Å². The quantitative estimate of drug-likeness (QED) is 0.156. The number of hydrogen-bond acceptors (Lipinski definition) is 6. The fourth-order valence-corrected chi connectivity index (χ4v) is 5.25. The second kappa shape index (κ2) is 11.9. The molecular weight excluding hydrogens is 674 g/mol. The molecule has 11 heteroatoms. The van der Waals surface area contributed by atoms with Gasteiger partial charge in [0.15, 0.2) is 23.9 Å². The molecule has 2 amide bonds. The first-order valence-corrected chi connectivity index (χ1v) is 13.2. The molecule has 0 atom stereocenters. The Hall–Kier alpha value is -3.15. The molecule has 0 spiro atoms. The number of aryl methyl sites for hydroxylation is 1. The van der Waals surface area contributed by atoms with Crippen LogP contribution in [-0.4, -0.2) is 31.7 Å². The standard InChI is InChI=1S/C26H20Br3N3O5/c1-14-3-5-18(6-4-14)31-23(33)13-36-25-19(28)7-15(8-21(25)35-2)12-30-32-26(34)22-10-16-9-17(27)11-20(29)24(16)37-22/h3-12H,13H2,1-2H3,(H,31,33)(H,32,34)/b30-12-. The third-order valence-corrected chi connectivity index (χ3v) is 6.71. The monoisotopic (exact) mass is 691 g/mol. The van der Waals surface area contributed by atoms with Crippen LogP contribution in [0, 0.1) is 6.92 Å². The number of nitrogens with one attached hydrogen (secondary N) is 2. The lowest BCUT2D eigenvalue weighted by Crippen LogP contribution is -2.20. The number of carbonyl (C=O) groups excluding carboxylic acids is 2. The molecule has 0 aliphatic rings. The first-order chi connectivity index (χ1) is 17.7. The Kier molecular flexibility index (Phi) is 8.67. The Morgan fingerprint density at radius 3 is 2.51 bits per heavy atom. The summed E-state index contributed by atoms with van der Waals surface area (Å²) in [6, 6.07) is 16.2. The molecule has 2 N–H and O–H groups in total. The lowest BCUT2D eigenvalue weighted by atomic mass is 10.2. The van der Waals surface area contributed by atoms with Crippen LogP contribution in [0.15, 0.2) is 77.5 Å². The van der Waals surface area contributed by atoms with E-state index < -0.39 is 5.91 Å². The highest BCUT2D eigenvalue weighted by Gasteiger charge is 2.15. The van der Waals surface area contributed by atoms with E-state index in [2.05, 4.69) is 63.6 Å². The highest BCUT2D eigenvalue weighted by molar-refractivity contribution is 9.11. The van der Waals surface area contributed by atoms with Gasteiger partial charge in [-0.15, -0.1) is 0 Å². The molecule has 190 valence electrons. The van der Waals surface area contributed by atoms with Crippen LogP contribution in [0.4, 0.5) is 5.69 Å². The van der Waals surface area contributed by atoms with Crippen molar-refractivity contribution in [2.45, 2.75) is 6.92 Å². The summed E-state index contributed by atoms with van der Waals surface area (Å²) in [5, 5.41) is 7.56. The van der Waals surface area contributed by atoms with Crippen molar-refractivity contribution in [3.05, 3.63) is 84.9 Å². The predicted octanol–water partition coefficient (Wildman–Crippen LogP) is 6.82. The maximum absolute atomic E-state index is 12.5. The number of furan rings is 1. The summed E-state index contributed by atoms with van der Waals surface area (Å²) in [5.74, 6) is 0.0642. The molecule has 0 aliphatic carbocycles. The molecule has 3 aromatic carbocycles. The molecule has 0 fully saturated rings. The van der Waals surface area contributed by atoms with Crippen LogP contribution < -0.4 is 20.2 Å². The number of halogens is 3.